The minimum absolute atomic E-state index is 0.177. The van der Waals surface area contributed by atoms with Gasteiger partial charge in [-0.15, -0.1) is 0 Å². The molecule has 2 aliphatic heterocycles. The summed E-state index contributed by atoms with van der Waals surface area (Å²) in [6, 6.07) is 0.261. The highest BCUT2D eigenvalue weighted by atomic mass is 32.2. The number of amides is 1. The van der Waals surface area contributed by atoms with Crippen molar-refractivity contribution in [1.82, 2.24) is 10.6 Å². The lowest BCUT2D eigenvalue weighted by Gasteiger charge is -2.25. The van der Waals surface area contributed by atoms with Crippen molar-refractivity contribution in [3.63, 3.8) is 0 Å². The van der Waals surface area contributed by atoms with Gasteiger partial charge in [-0.25, -0.2) is 0 Å². The maximum Gasteiger partial charge on any atom is 0.220 e. The predicted octanol–water partition coefficient (Wildman–Crippen LogP) is 0.403. The molecule has 2 N–H and O–H groups in total. The van der Waals surface area contributed by atoms with Crippen LogP contribution in [-0.2, 0) is 15.6 Å². The molecule has 2 saturated heterocycles. The van der Waals surface area contributed by atoms with Gasteiger partial charge in [0, 0.05) is 34.8 Å². The van der Waals surface area contributed by atoms with E-state index in [1.54, 1.807) is 0 Å². The van der Waals surface area contributed by atoms with Crippen LogP contribution in [0.25, 0.3) is 0 Å². The topological polar surface area (TPSA) is 58.2 Å². The molecule has 5 heteroatoms. The Balaban J connectivity index is 1.67. The zero-order valence-corrected chi connectivity index (χ0v) is 11.1. The Hall–Kier alpha value is -0.420. The first-order valence-corrected chi connectivity index (χ1v) is 8.08. The van der Waals surface area contributed by atoms with Crippen LogP contribution in [0.15, 0.2) is 0 Å². The maximum atomic E-state index is 11.8. The summed E-state index contributed by atoms with van der Waals surface area (Å²) < 4.78 is 11.2. The van der Waals surface area contributed by atoms with Gasteiger partial charge in [0.2, 0.25) is 5.91 Å². The molecule has 0 spiro atoms. The number of hydrogen-bond acceptors (Lipinski definition) is 3. The highest BCUT2D eigenvalue weighted by Gasteiger charge is 2.21. The van der Waals surface area contributed by atoms with E-state index in [0.29, 0.717) is 12.3 Å². The molecule has 2 fully saturated rings. The van der Waals surface area contributed by atoms with Gasteiger partial charge >= 0.3 is 0 Å². The Bertz CT molecular complexity index is 280. The smallest absolute Gasteiger partial charge is 0.220 e. The van der Waals surface area contributed by atoms with Gasteiger partial charge in [-0.1, -0.05) is 0 Å². The fourth-order valence-electron chi connectivity index (χ4n) is 2.59. The van der Waals surface area contributed by atoms with E-state index in [-0.39, 0.29) is 11.9 Å². The Labute approximate surface area is 105 Å². The van der Waals surface area contributed by atoms with Crippen LogP contribution in [0.2, 0.25) is 0 Å². The van der Waals surface area contributed by atoms with Crippen LogP contribution in [-0.4, -0.2) is 40.8 Å². The van der Waals surface area contributed by atoms with Crippen molar-refractivity contribution >= 4 is 16.7 Å². The molecule has 0 radical (unpaired) electrons. The number of hydrogen-bond donors (Lipinski definition) is 2. The number of rotatable bonds is 3. The Morgan fingerprint density at radius 1 is 1.29 bits per heavy atom. The van der Waals surface area contributed by atoms with Crippen molar-refractivity contribution in [2.24, 2.45) is 5.92 Å². The number of nitrogens with one attached hydrogen (secondary N) is 2. The summed E-state index contributed by atoms with van der Waals surface area (Å²) in [5.41, 5.74) is 0. The molecule has 0 saturated carbocycles. The van der Waals surface area contributed by atoms with E-state index >= 15 is 0 Å². The van der Waals surface area contributed by atoms with Crippen LogP contribution < -0.4 is 10.6 Å². The van der Waals surface area contributed by atoms with E-state index in [1.807, 2.05) is 0 Å². The molecule has 2 aliphatic rings. The van der Waals surface area contributed by atoms with E-state index in [1.165, 1.54) is 6.42 Å². The second-order valence-corrected chi connectivity index (χ2v) is 6.80. The van der Waals surface area contributed by atoms with Gasteiger partial charge in [0.1, 0.15) is 0 Å². The fourth-order valence-corrected chi connectivity index (χ4v) is 3.88. The summed E-state index contributed by atoms with van der Waals surface area (Å²) in [6.45, 7) is 2.06. The van der Waals surface area contributed by atoms with Gasteiger partial charge in [0.05, 0.1) is 0 Å². The summed E-state index contributed by atoms with van der Waals surface area (Å²) in [5.74, 6) is 2.17. The first-order chi connectivity index (χ1) is 8.24. The van der Waals surface area contributed by atoms with Gasteiger partial charge in [-0.2, -0.15) is 0 Å². The summed E-state index contributed by atoms with van der Waals surface area (Å²) in [4.78, 5) is 11.8. The van der Waals surface area contributed by atoms with Crippen molar-refractivity contribution in [1.29, 1.82) is 0 Å². The zero-order chi connectivity index (χ0) is 12.1. The molecule has 0 aromatic carbocycles. The highest BCUT2D eigenvalue weighted by Crippen LogP contribution is 2.15. The first-order valence-electron chi connectivity index (χ1n) is 6.59. The van der Waals surface area contributed by atoms with Crippen LogP contribution in [0.1, 0.15) is 32.1 Å². The molecule has 98 valence electrons. The first kappa shape index (κ1) is 13.0. The van der Waals surface area contributed by atoms with Crippen LogP contribution >= 0.6 is 0 Å². The van der Waals surface area contributed by atoms with Crippen LogP contribution in [0.5, 0.6) is 0 Å². The van der Waals surface area contributed by atoms with Crippen molar-refractivity contribution in [2.75, 3.05) is 24.6 Å². The molecule has 0 aliphatic carbocycles. The lowest BCUT2D eigenvalue weighted by Crippen LogP contribution is -2.41. The standard InChI is InChI=1S/C12H22N2O2S/c15-12(8-10-2-1-5-13-9-10)14-11-3-6-17(16)7-4-11/h10-11,13H,1-9H2,(H,14,15). The lowest BCUT2D eigenvalue weighted by molar-refractivity contribution is -0.122. The summed E-state index contributed by atoms with van der Waals surface area (Å²) in [6.07, 6.45) is 4.74. The van der Waals surface area contributed by atoms with Crippen LogP contribution in [0, 0.1) is 5.92 Å². The molecule has 1 unspecified atom stereocenters. The van der Waals surface area contributed by atoms with Crippen LogP contribution in [0.4, 0.5) is 0 Å². The highest BCUT2D eigenvalue weighted by molar-refractivity contribution is 7.85. The predicted molar refractivity (Wildman–Crippen MR) is 69.3 cm³/mol. The number of carbonyl (C=O) groups excluding carboxylic acids is 1. The average molecular weight is 258 g/mol. The summed E-state index contributed by atoms with van der Waals surface area (Å²) in [5, 5.41) is 6.41. The van der Waals surface area contributed by atoms with Gasteiger partial charge < -0.3 is 10.6 Å². The van der Waals surface area contributed by atoms with Crippen molar-refractivity contribution in [3.8, 4) is 0 Å². The third-order valence-electron chi connectivity index (χ3n) is 3.63. The monoisotopic (exact) mass is 258 g/mol. The molecule has 1 atom stereocenters. The van der Waals surface area contributed by atoms with Crippen molar-refractivity contribution in [2.45, 2.75) is 38.1 Å². The molecule has 2 heterocycles. The molecule has 0 aromatic rings. The van der Waals surface area contributed by atoms with Gasteiger partial charge in [-0.05, 0) is 44.7 Å². The molecule has 4 nitrogen and oxygen atoms in total. The summed E-state index contributed by atoms with van der Waals surface area (Å²) >= 11 is 0. The molecule has 2 rings (SSSR count). The lowest BCUT2D eigenvalue weighted by atomic mass is 9.95. The minimum Gasteiger partial charge on any atom is -0.353 e. The molecule has 1 amide bonds. The maximum absolute atomic E-state index is 11.8. The van der Waals surface area contributed by atoms with Gasteiger partial charge in [0.15, 0.2) is 0 Å². The van der Waals surface area contributed by atoms with Crippen LogP contribution in [0.3, 0.4) is 0 Å². The Morgan fingerprint density at radius 2 is 2.06 bits per heavy atom. The third-order valence-corrected chi connectivity index (χ3v) is 5.01. The molecular formula is C12H22N2O2S. The SMILES string of the molecule is O=C(CC1CCCNC1)NC1CCS(=O)CC1. The Kier molecular flexibility index (Phi) is 4.98. The molecular weight excluding hydrogens is 236 g/mol. The van der Waals surface area contributed by atoms with E-state index in [0.717, 1.165) is 43.9 Å². The van der Waals surface area contributed by atoms with Crippen molar-refractivity contribution < 1.29 is 9.00 Å². The van der Waals surface area contributed by atoms with E-state index < -0.39 is 10.8 Å². The molecule has 0 aromatic heterocycles. The third kappa shape index (κ3) is 4.39. The second-order valence-electron chi connectivity index (χ2n) is 5.11. The van der Waals surface area contributed by atoms with Gasteiger partial charge in [0.25, 0.3) is 0 Å². The van der Waals surface area contributed by atoms with Crippen molar-refractivity contribution in [3.05, 3.63) is 0 Å². The average Bonchev–Trinajstić information content (AvgIpc) is 2.33. The number of piperidine rings is 1. The minimum atomic E-state index is -0.643. The zero-order valence-electron chi connectivity index (χ0n) is 10.2. The van der Waals surface area contributed by atoms with Gasteiger partial charge in [-0.3, -0.25) is 9.00 Å². The second kappa shape index (κ2) is 6.50. The molecule has 0 bridgehead atoms. The molecule has 17 heavy (non-hydrogen) atoms. The summed E-state index contributed by atoms with van der Waals surface area (Å²) in [7, 11) is -0.643. The largest absolute Gasteiger partial charge is 0.353 e. The Morgan fingerprint density at radius 3 is 2.71 bits per heavy atom. The van der Waals surface area contributed by atoms with E-state index in [9.17, 15) is 9.00 Å². The number of carbonyl (C=O) groups is 1. The fraction of sp³-hybridized carbons (Fsp3) is 0.917. The normalized spacial score (nSPS) is 34.2. The quantitative estimate of drug-likeness (QED) is 0.770. The van der Waals surface area contributed by atoms with E-state index in [4.69, 9.17) is 0 Å². The van der Waals surface area contributed by atoms with E-state index in [2.05, 4.69) is 10.6 Å².